The number of nitrogens with zero attached hydrogens (tertiary/aromatic N) is 1. The molecule has 0 atom stereocenters. The first-order chi connectivity index (χ1) is 7.83. The van der Waals surface area contributed by atoms with Crippen LogP contribution in [-0.4, -0.2) is 16.9 Å². The number of carbonyl (C=O) groups excluding carboxylic acids is 1. The molecule has 1 aromatic carbocycles. The highest BCUT2D eigenvalue weighted by molar-refractivity contribution is 7.16. The van der Waals surface area contributed by atoms with Crippen molar-refractivity contribution in [2.75, 3.05) is 0 Å². The lowest BCUT2D eigenvalue weighted by Crippen LogP contribution is -2.39. The van der Waals surface area contributed by atoms with Gasteiger partial charge in [0.25, 0.3) is 5.91 Å². The quantitative estimate of drug-likeness (QED) is 0.864. The number of hydrogen-bond donors (Lipinski definition) is 1. The van der Waals surface area contributed by atoms with Gasteiger partial charge in [-0.15, -0.1) is 11.3 Å². The van der Waals surface area contributed by atoms with Crippen LogP contribution in [-0.2, 0) is 0 Å². The Morgan fingerprint density at radius 3 is 3.06 bits per heavy atom. The van der Waals surface area contributed by atoms with E-state index in [0.29, 0.717) is 6.04 Å². The molecule has 3 rings (SSSR count). The molecule has 0 saturated heterocycles. The highest BCUT2D eigenvalue weighted by atomic mass is 32.1. The first-order valence-electron chi connectivity index (χ1n) is 5.47. The standard InChI is InChI=1S/C12H12N2OS/c15-12(14-9-2-1-3-9)8-4-5-10-11(6-8)16-7-13-10/h4-7,9H,1-3H2,(H,14,15). The predicted octanol–water partition coefficient (Wildman–Crippen LogP) is 2.58. The average Bonchev–Trinajstić information content (AvgIpc) is 2.69. The number of aromatic nitrogens is 1. The highest BCUT2D eigenvalue weighted by Gasteiger charge is 2.20. The SMILES string of the molecule is O=C(NC1CCC1)c1ccc2ncsc2c1. The van der Waals surface area contributed by atoms with Crippen LogP contribution >= 0.6 is 11.3 Å². The van der Waals surface area contributed by atoms with Crippen LogP contribution in [0.15, 0.2) is 23.7 Å². The van der Waals surface area contributed by atoms with Crippen molar-refractivity contribution in [2.24, 2.45) is 0 Å². The second kappa shape index (κ2) is 3.87. The van der Waals surface area contributed by atoms with Gasteiger partial charge in [-0.3, -0.25) is 4.79 Å². The molecule has 16 heavy (non-hydrogen) atoms. The maximum atomic E-state index is 11.9. The highest BCUT2D eigenvalue weighted by Crippen LogP contribution is 2.21. The van der Waals surface area contributed by atoms with Crippen LogP contribution in [0.3, 0.4) is 0 Å². The molecule has 1 N–H and O–H groups in total. The van der Waals surface area contributed by atoms with E-state index in [9.17, 15) is 4.79 Å². The third-order valence-electron chi connectivity index (χ3n) is 3.03. The van der Waals surface area contributed by atoms with Gasteiger partial charge in [0.1, 0.15) is 0 Å². The van der Waals surface area contributed by atoms with Crippen molar-refractivity contribution in [3.8, 4) is 0 Å². The molecule has 4 heteroatoms. The summed E-state index contributed by atoms with van der Waals surface area (Å²) in [4.78, 5) is 16.1. The van der Waals surface area contributed by atoms with Crippen molar-refractivity contribution < 1.29 is 4.79 Å². The van der Waals surface area contributed by atoms with Crippen molar-refractivity contribution in [3.05, 3.63) is 29.3 Å². The normalized spacial score (nSPS) is 16.0. The molecule has 0 bridgehead atoms. The summed E-state index contributed by atoms with van der Waals surface area (Å²) in [6.45, 7) is 0. The number of thiazole rings is 1. The van der Waals surface area contributed by atoms with E-state index < -0.39 is 0 Å². The Kier molecular flexibility index (Phi) is 2.36. The van der Waals surface area contributed by atoms with Gasteiger partial charge in [-0.2, -0.15) is 0 Å². The fourth-order valence-electron chi connectivity index (χ4n) is 1.82. The van der Waals surface area contributed by atoms with Gasteiger partial charge in [0.2, 0.25) is 0 Å². The second-order valence-corrected chi connectivity index (χ2v) is 5.02. The topological polar surface area (TPSA) is 42.0 Å². The Bertz CT molecular complexity index is 531. The molecular weight excluding hydrogens is 220 g/mol. The first-order valence-corrected chi connectivity index (χ1v) is 6.35. The molecule has 0 unspecified atom stereocenters. The molecule has 2 aromatic rings. The van der Waals surface area contributed by atoms with E-state index in [4.69, 9.17) is 0 Å². The third-order valence-corrected chi connectivity index (χ3v) is 3.83. The Hall–Kier alpha value is -1.42. The van der Waals surface area contributed by atoms with Crippen molar-refractivity contribution in [1.82, 2.24) is 10.3 Å². The molecule has 1 aromatic heterocycles. The van der Waals surface area contributed by atoms with Crippen molar-refractivity contribution in [1.29, 1.82) is 0 Å². The van der Waals surface area contributed by atoms with E-state index in [0.717, 1.165) is 28.6 Å². The largest absolute Gasteiger partial charge is 0.349 e. The Balaban J connectivity index is 1.83. The van der Waals surface area contributed by atoms with Crippen LogP contribution in [0.25, 0.3) is 10.2 Å². The van der Waals surface area contributed by atoms with Crippen LogP contribution in [0.1, 0.15) is 29.6 Å². The summed E-state index contributed by atoms with van der Waals surface area (Å²) in [5.74, 6) is 0.0417. The summed E-state index contributed by atoms with van der Waals surface area (Å²) in [7, 11) is 0. The van der Waals surface area contributed by atoms with E-state index in [1.165, 1.54) is 6.42 Å². The van der Waals surface area contributed by atoms with Gasteiger partial charge < -0.3 is 5.32 Å². The van der Waals surface area contributed by atoms with Gasteiger partial charge in [0.15, 0.2) is 0 Å². The lowest BCUT2D eigenvalue weighted by Gasteiger charge is -2.26. The number of fused-ring (bicyclic) bond motifs is 1. The predicted molar refractivity (Wildman–Crippen MR) is 64.7 cm³/mol. The summed E-state index contributed by atoms with van der Waals surface area (Å²) in [5.41, 5.74) is 3.51. The van der Waals surface area contributed by atoms with Crippen LogP contribution in [0.4, 0.5) is 0 Å². The van der Waals surface area contributed by atoms with E-state index in [1.807, 2.05) is 18.2 Å². The van der Waals surface area contributed by atoms with E-state index >= 15 is 0 Å². The maximum absolute atomic E-state index is 11.9. The fourth-order valence-corrected chi connectivity index (χ4v) is 2.53. The van der Waals surface area contributed by atoms with Gasteiger partial charge in [-0.05, 0) is 37.5 Å². The minimum Gasteiger partial charge on any atom is -0.349 e. The summed E-state index contributed by atoms with van der Waals surface area (Å²) < 4.78 is 1.07. The Morgan fingerprint density at radius 2 is 2.31 bits per heavy atom. The van der Waals surface area contributed by atoms with Gasteiger partial charge in [0.05, 0.1) is 15.7 Å². The zero-order chi connectivity index (χ0) is 11.0. The summed E-state index contributed by atoms with van der Waals surface area (Å²) in [6, 6.07) is 6.06. The van der Waals surface area contributed by atoms with Crippen molar-refractivity contribution in [2.45, 2.75) is 25.3 Å². The number of rotatable bonds is 2. The molecule has 1 fully saturated rings. The third kappa shape index (κ3) is 1.69. The van der Waals surface area contributed by atoms with Gasteiger partial charge in [-0.1, -0.05) is 0 Å². The molecule has 1 aliphatic carbocycles. The summed E-state index contributed by atoms with van der Waals surface area (Å²) >= 11 is 1.57. The van der Waals surface area contributed by atoms with Crippen molar-refractivity contribution in [3.63, 3.8) is 0 Å². The molecule has 82 valence electrons. The molecule has 1 aliphatic rings. The second-order valence-electron chi connectivity index (χ2n) is 4.14. The molecule has 1 amide bonds. The van der Waals surface area contributed by atoms with Crippen LogP contribution < -0.4 is 5.32 Å². The fraction of sp³-hybridized carbons (Fsp3) is 0.333. The zero-order valence-electron chi connectivity index (χ0n) is 8.77. The molecule has 1 heterocycles. The number of amides is 1. The summed E-state index contributed by atoms with van der Waals surface area (Å²) in [6.07, 6.45) is 3.47. The zero-order valence-corrected chi connectivity index (χ0v) is 9.59. The molecule has 0 aliphatic heterocycles. The van der Waals surface area contributed by atoms with Gasteiger partial charge in [-0.25, -0.2) is 4.98 Å². The molecule has 0 spiro atoms. The number of carbonyl (C=O) groups is 1. The van der Waals surface area contributed by atoms with Crippen LogP contribution in [0, 0.1) is 0 Å². The molecular formula is C12H12N2OS. The molecule has 0 radical (unpaired) electrons. The smallest absolute Gasteiger partial charge is 0.251 e. The maximum Gasteiger partial charge on any atom is 0.251 e. The summed E-state index contributed by atoms with van der Waals surface area (Å²) in [5, 5.41) is 3.03. The van der Waals surface area contributed by atoms with Crippen molar-refractivity contribution >= 4 is 27.5 Å². The minimum absolute atomic E-state index is 0.0417. The number of benzene rings is 1. The first kappa shape index (κ1) is 9.78. The van der Waals surface area contributed by atoms with Crippen LogP contribution in [0.5, 0.6) is 0 Å². The molecule has 1 saturated carbocycles. The average molecular weight is 232 g/mol. The lowest BCUT2D eigenvalue weighted by atomic mass is 9.93. The van der Waals surface area contributed by atoms with Gasteiger partial charge >= 0.3 is 0 Å². The lowest BCUT2D eigenvalue weighted by molar-refractivity contribution is 0.0917. The van der Waals surface area contributed by atoms with E-state index in [2.05, 4.69) is 10.3 Å². The van der Waals surface area contributed by atoms with Gasteiger partial charge in [0, 0.05) is 11.6 Å². The Labute approximate surface area is 97.5 Å². The molecule has 3 nitrogen and oxygen atoms in total. The Morgan fingerprint density at radius 1 is 1.44 bits per heavy atom. The number of hydrogen-bond acceptors (Lipinski definition) is 3. The number of nitrogens with one attached hydrogen (secondary N) is 1. The monoisotopic (exact) mass is 232 g/mol. The van der Waals surface area contributed by atoms with Crippen LogP contribution in [0.2, 0.25) is 0 Å². The van der Waals surface area contributed by atoms with E-state index in [1.54, 1.807) is 16.8 Å². The minimum atomic E-state index is 0.0417. The van der Waals surface area contributed by atoms with E-state index in [-0.39, 0.29) is 5.91 Å².